The van der Waals surface area contributed by atoms with Crippen molar-refractivity contribution in [1.82, 2.24) is 19.5 Å². The van der Waals surface area contributed by atoms with Gasteiger partial charge < -0.3 is 5.73 Å². The highest BCUT2D eigenvalue weighted by Crippen LogP contribution is 2.11. The fourth-order valence-electron chi connectivity index (χ4n) is 0.915. The molecule has 0 atom stereocenters. The first kappa shape index (κ1) is 8.18. The highest BCUT2D eigenvalue weighted by atomic mass is 79.9. The summed E-state index contributed by atoms with van der Waals surface area (Å²) in [7, 11) is 0. The van der Waals surface area contributed by atoms with Gasteiger partial charge in [-0.1, -0.05) is 0 Å². The van der Waals surface area contributed by atoms with Crippen molar-refractivity contribution in [3.63, 3.8) is 0 Å². The predicted octanol–water partition coefficient (Wildman–Crippen LogP) is 1.01. The third kappa shape index (κ3) is 1.67. The minimum absolute atomic E-state index is 0.422. The van der Waals surface area contributed by atoms with E-state index in [1.54, 1.807) is 29.4 Å². The zero-order valence-corrected chi connectivity index (χ0v) is 8.14. The molecule has 2 aromatic rings. The van der Waals surface area contributed by atoms with Crippen molar-refractivity contribution < 1.29 is 0 Å². The Labute approximate surface area is 82.8 Å². The molecule has 0 aliphatic carbocycles. The summed E-state index contributed by atoms with van der Waals surface area (Å²) in [6.45, 7) is 0. The summed E-state index contributed by atoms with van der Waals surface area (Å²) >= 11 is 3.23. The number of nitrogen functional groups attached to an aromatic ring is 1. The molecule has 0 saturated carbocycles. The van der Waals surface area contributed by atoms with Gasteiger partial charge in [-0.2, -0.15) is 4.98 Å². The van der Waals surface area contributed by atoms with Crippen molar-refractivity contribution in [1.29, 1.82) is 0 Å². The van der Waals surface area contributed by atoms with Crippen LogP contribution in [0.1, 0.15) is 0 Å². The quantitative estimate of drug-likeness (QED) is 0.755. The molecule has 0 fully saturated rings. The molecule has 2 rings (SSSR count). The molecule has 0 spiro atoms. The number of hydrogen-bond donors (Lipinski definition) is 1. The van der Waals surface area contributed by atoms with Crippen LogP contribution >= 0.6 is 15.9 Å². The number of imidazole rings is 1. The molecule has 0 amide bonds. The van der Waals surface area contributed by atoms with Crippen LogP contribution in [0.3, 0.4) is 0 Å². The molecule has 2 heterocycles. The Morgan fingerprint density at radius 3 is 2.85 bits per heavy atom. The van der Waals surface area contributed by atoms with E-state index in [1.807, 2.05) is 0 Å². The van der Waals surface area contributed by atoms with Crippen LogP contribution in [0.5, 0.6) is 0 Å². The molecule has 0 bridgehead atoms. The van der Waals surface area contributed by atoms with Gasteiger partial charge in [0.25, 0.3) is 0 Å². The Bertz CT molecular complexity index is 391. The Kier molecular flexibility index (Phi) is 1.97. The zero-order valence-electron chi connectivity index (χ0n) is 6.55. The van der Waals surface area contributed by atoms with E-state index in [0.29, 0.717) is 16.4 Å². The summed E-state index contributed by atoms with van der Waals surface area (Å²) in [5, 5.41) is 0. The maximum Gasteiger partial charge on any atom is 0.237 e. The lowest BCUT2D eigenvalue weighted by atomic mass is 10.6. The summed E-state index contributed by atoms with van der Waals surface area (Å²) < 4.78 is 2.34. The molecule has 5 nitrogen and oxygen atoms in total. The fourth-order valence-corrected chi connectivity index (χ4v) is 1.31. The standard InChI is InChI=1S/C7H6BrN5/c8-5-3-6(9)12-7(11-5)13-2-1-10-4-13/h1-4H,(H2,9,11,12). The molecule has 13 heavy (non-hydrogen) atoms. The lowest BCUT2D eigenvalue weighted by molar-refractivity contribution is 0.921. The first-order chi connectivity index (χ1) is 6.25. The zero-order chi connectivity index (χ0) is 9.26. The molecule has 0 aromatic carbocycles. The molecule has 66 valence electrons. The fraction of sp³-hybridized carbons (Fsp3) is 0. The van der Waals surface area contributed by atoms with Gasteiger partial charge in [0.2, 0.25) is 5.95 Å². The molecule has 2 aromatic heterocycles. The van der Waals surface area contributed by atoms with Gasteiger partial charge in [-0.15, -0.1) is 0 Å². The lowest BCUT2D eigenvalue weighted by Gasteiger charge is -2.01. The van der Waals surface area contributed by atoms with Crippen molar-refractivity contribution in [3.05, 3.63) is 29.4 Å². The topological polar surface area (TPSA) is 69.6 Å². The highest BCUT2D eigenvalue weighted by Gasteiger charge is 2.01. The number of nitrogens with zero attached hydrogens (tertiary/aromatic N) is 4. The van der Waals surface area contributed by atoms with Crippen molar-refractivity contribution in [3.8, 4) is 5.95 Å². The predicted molar refractivity (Wildman–Crippen MR) is 51.3 cm³/mol. The Balaban J connectivity index is 2.53. The molecular weight excluding hydrogens is 234 g/mol. The summed E-state index contributed by atoms with van der Waals surface area (Å²) in [4.78, 5) is 12.0. The van der Waals surface area contributed by atoms with E-state index in [1.165, 1.54) is 0 Å². The second-order valence-corrected chi connectivity index (χ2v) is 3.20. The SMILES string of the molecule is Nc1cc(Br)nc(-n2ccnc2)n1. The van der Waals surface area contributed by atoms with Crippen LogP contribution in [-0.4, -0.2) is 19.5 Å². The molecule has 2 N–H and O–H groups in total. The minimum Gasteiger partial charge on any atom is -0.383 e. The van der Waals surface area contributed by atoms with Crippen LogP contribution in [0, 0.1) is 0 Å². The third-order valence-electron chi connectivity index (χ3n) is 1.44. The molecule has 6 heteroatoms. The average molecular weight is 240 g/mol. The van der Waals surface area contributed by atoms with E-state index in [9.17, 15) is 0 Å². The summed E-state index contributed by atoms with van der Waals surface area (Å²) in [5.41, 5.74) is 5.55. The Morgan fingerprint density at radius 1 is 1.38 bits per heavy atom. The summed E-state index contributed by atoms with van der Waals surface area (Å²) in [6.07, 6.45) is 5.02. The third-order valence-corrected chi connectivity index (χ3v) is 1.84. The van der Waals surface area contributed by atoms with E-state index in [0.717, 1.165) is 0 Å². The van der Waals surface area contributed by atoms with Gasteiger partial charge in [-0.25, -0.2) is 9.97 Å². The van der Waals surface area contributed by atoms with Gasteiger partial charge in [-0.3, -0.25) is 4.57 Å². The molecule has 0 unspecified atom stereocenters. The van der Waals surface area contributed by atoms with E-state index >= 15 is 0 Å². The maximum atomic E-state index is 5.55. The number of aromatic nitrogens is 4. The molecule has 0 saturated heterocycles. The monoisotopic (exact) mass is 239 g/mol. The van der Waals surface area contributed by atoms with Crippen LogP contribution < -0.4 is 5.73 Å². The first-order valence-corrected chi connectivity index (χ1v) is 4.33. The van der Waals surface area contributed by atoms with E-state index in [-0.39, 0.29) is 0 Å². The molecular formula is C7H6BrN5. The number of nitrogens with two attached hydrogens (primary N) is 1. The molecule has 0 radical (unpaired) electrons. The van der Waals surface area contributed by atoms with Crippen LogP contribution in [0.25, 0.3) is 5.95 Å². The van der Waals surface area contributed by atoms with Gasteiger partial charge in [-0.05, 0) is 15.9 Å². The van der Waals surface area contributed by atoms with Crippen LogP contribution in [-0.2, 0) is 0 Å². The van der Waals surface area contributed by atoms with Crippen molar-refractivity contribution in [2.24, 2.45) is 0 Å². The number of halogens is 1. The molecule has 0 aliphatic heterocycles. The second kappa shape index (κ2) is 3.14. The van der Waals surface area contributed by atoms with Gasteiger partial charge in [0.1, 0.15) is 16.7 Å². The average Bonchev–Trinajstić information content (AvgIpc) is 2.53. The minimum atomic E-state index is 0.422. The normalized spacial score (nSPS) is 10.2. The number of anilines is 1. The van der Waals surface area contributed by atoms with Crippen LogP contribution in [0.15, 0.2) is 29.4 Å². The number of hydrogen-bond acceptors (Lipinski definition) is 4. The van der Waals surface area contributed by atoms with Crippen molar-refractivity contribution >= 4 is 21.7 Å². The Morgan fingerprint density at radius 2 is 2.23 bits per heavy atom. The van der Waals surface area contributed by atoms with Gasteiger partial charge in [0, 0.05) is 18.5 Å². The van der Waals surface area contributed by atoms with Crippen LogP contribution in [0.2, 0.25) is 0 Å². The maximum absolute atomic E-state index is 5.55. The van der Waals surface area contributed by atoms with E-state index in [2.05, 4.69) is 30.9 Å². The van der Waals surface area contributed by atoms with Crippen LogP contribution in [0.4, 0.5) is 5.82 Å². The second-order valence-electron chi connectivity index (χ2n) is 2.39. The molecule has 0 aliphatic rings. The summed E-state index contributed by atoms with van der Waals surface area (Å²) in [6, 6.07) is 1.64. The van der Waals surface area contributed by atoms with Gasteiger partial charge in [0.15, 0.2) is 0 Å². The smallest absolute Gasteiger partial charge is 0.237 e. The van der Waals surface area contributed by atoms with E-state index in [4.69, 9.17) is 5.73 Å². The summed E-state index contributed by atoms with van der Waals surface area (Å²) in [5.74, 6) is 0.926. The van der Waals surface area contributed by atoms with E-state index < -0.39 is 0 Å². The van der Waals surface area contributed by atoms with Gasteiger partial charge in [0.05, 0.1) is 0 Å². The first-order valence-electron chi connectivity index (χ1n) is 3.54. The highest BCUT2D eigenvalue weighted by molar-refractivity contribution is 9.10. The van der Waals surface area contributed by atoms with Crippen molar-refractivity contribution in [2.75, 3.05) is 5.73 Å². The largest absolute Gasteiger partial charge is 0.383 e. The Hall–Kier alpha value is -1.43. The number of rotatable bonds is 1. The van der Waals surface area contributed by atoms with Crippen molar-refractivity contribution in [2.45, 2.75) is 0 Å². The van der Waals surface area contributed by atoms with Gasteiger partial charge >= 0.3 is 0 Å². The lowest BCUT2D eigenvalue weighted by Crippen LogP contribution is -2.01.